The molecule has 0 fully saturated rings. The number of carbonyl (C=O) groups is 1. The minimum Gasteiger partial charge on any atom is -0.464 e. The number of hydrogen-bond acceptors (Lipinski definition) is 3. The summed E-state index contributed by atoms with van der Waals surface area (Å²) >= 11 is 0. The van der Waals surface area contributed by atoms with E-state index in [1.54, 1.807) is 0 Å². The third-order valence-electron chi connectivity index (χ3n) is 2.64. The lowest BCUT2D eigenvalue weighted by Gasteiger charge is -2.21. The van der Waals surface area contributed by atoms with E-state index in [1.807, 2.05) is 6.92 Å². The summed E-state index contributed by atoms with van der Waals surface area (Å²) in [5, 5.41) is 0. The van der Waals surface area contributed by atoms with E-state index < -0.39 is 0 Å². The molecule has 0 aliphatic heterocycles. The smallest absolute Gasteiger partial charge is 0.335 e. The average molecular weight is 230 g/mol. The lowest BCUT2D eigenvalue weighted by molar-refractivity contribution is -0.161. The fourth-order valence-electron chi connectivity index (χ4n) is 1.44. The maximum absolute atomic E-state index is 11.7. The Morgan fingerprint density at radius 1 is 1.06 bits per heavy atom. The van der Waals surface area contributed by atoms with Crippen LogP contribution in [0.1, 0.15) is 59.8 Å². The molecule has 0 saturated carbocycles. The van der Waals surface area contributed by atoms with Crippen molar-refractivity contribution < 1.29 is 14.3 Å². The Kier molecular flexibility index (Phi) is 9.30. The molecule has 3 heteroatoms. The van der Waals surface area contributed by atoms with Crippen LogP contribution < -0.4 is 0 Å². The Morgan fingerprint density at radius 2 is 1.69 bits per heavy atom. The standard InChI is InChI=1S/C13H26O3/c1-5-9-10-15-13(14)12(8-4)16-11(6-2)7-3/h11-12H,5-10H2,1-4H3. The predicted molar refractivity (Wildman–Crippen MR) is 65.4 cm³/mol. The summed E-state index contributed by atoms with van der Waals surface area (Å²) in [6.07, 6.45) is 4.31. The molecule has 0 aromatic rings. The molecule has 16 heavy (non-hydrogen) atoms. The van der Waals surface area contributed by atoms with E-state index in [9.17, 15) is 4.79 Å². The third-order valence-corrected chi connectivity index (χ3v) is 2.64. The number of rotatable bonds is 9. The lowest BCUT2D eigenvalue weighted by Crippen LogP contribution is -2.30. The number of hydrogen-bond donors (Lipinski definition) is 0. The van der Waals surface area contributed by atoms with E-state index in [4.69, 9.17) is 9.47 Å². The topological polar surface area (TPSA) is 35.5 Å². The molecule has 0 rings (SSSR count). The second kappa shape index (κ2) is 9.64. The highest BCUT2D eigenvalue weighted by Gasteiger charge is 2.21. The van der Waals surface area contributed by atoms with E-state index in [-0.39, 0.29) is 18.2 Å². The van der Waals surface area contributed by atoms with Crippen LogP contribution in [0.2, 0.25) is 0 Å². The first-order valence-corrected chi connectivity index (χ1v) is 6.51. The zero-order chi connectivity index (χ0) is 12.4. The molecule has 0 aliphatic carbocycles. The summed E-state index contributed by atoms with van der Waals surface area (Å²) < 4.78 is 10.9. The monoisotopic (exact) mass is 230 g/mol. The van der Waals surface area contributed by atoms with Gasteiger partial charge in [0, 0.05) is 0 Å². The van der Waals surface area contributed by atoms with Gasteiger partial charge in [0.25, 0.3) is 0 Å². The molecule has 0 aliphatic rings. The summed E-state index contributed by atoms with van der Waals surface area (Å²) in [6.45, 7) is 8.69. The molecule has 1 unspecified atom stereocenters. The van der Waals surface area contributed by atoms with E-state index >= 15 is 0 Å². The molecule has 0 bridgehead atoms. The normalized spacial score (nSPS) is 12.8. The van der Waals surface area contributed by atoms with Gasteiger partial charge in [0.15, 0.2) is 6.10 Å². The van der Waals surface area contributed by atoms with Gasteiger partial charge >= 0.3 is 5.97 Å². The highest BCUT2D eigenvalue weighted by atomic mass is 16.6. The SMILES string of the molecule is CCCCOC(=O)C(CC)OC(CC)CC. The highest BCUT2D eigenvalue weighted by molar-refractivity contribution is 5.74. The second-order valence-corrected chi connectivity index (χ2v) is 3.99. The van der Waals surface area contributed by atoms with Gasteiger partial charge in [0.2, 0.25) is 0 Å². The van der Waals surface area contributed by atoms with Crippen LogP contribution >= 0.6 is 0 Å². The van der Waals surface area contributed by atoms with Gasteiger partial charge in [-0.15, -0.1) is 0 Å². The summed E-state index contributed by atoms with van der Waals surface area (Å²) in [4.78, 5) is 11.7. The molecule has 96 valence electrons. The van der Waals surface area contributed by atoms with Crippen molar-refractivity contribution in [2.75, 3.05) is 6.61 Å². The van der Waals surface area contributed by atoms with Crippen LogP contribution in [0.3, 0.4) is 0 Å². The van der Waals surface area contributed by atoms with Crippen LogP contribution in [-0.2, 0) is 14.3 Å². The van der Waals surface area contributed by atoms with Crippen LogP contribution in [0.15, 0.2) is 0 Å². The van der Waals surface area contributed by atoms with Crippen LogP contribution in [0, 0.1) is 0 Å². The number of esters is 1. The molecule has 0 N–H and O–H groups in total. The van der Waals surface area contributed by atoms with Crippen molar-refractivity contribution in [1.29, 1.82) is 0 Å². The van der Waals surface area contributed by atoms with Crippen molar-refractivity contribution >= 4 is 5.97 Å². The number of unbranched alkanes of at least 4 members (excludes halogenated alkanes) is 1. The first kappa shape index (κ1) is 15.4. The Labute approximate surface area is 99.5 Å². The van der Waals surface area contributed by atoms with Crippen molar-refractivity contribution in [3.8, 4) is 0 Å². The van der Waals surface area contributed by atoms with E-state index in [1.165, 1.54) is 0 Å². The fourth-order valence-corrected chi connectivity index (χ4v) is 1.44. The summed E-state index contributed by atoms with van der Waals surface area (Å²) in [5.41, 5.74) is 0. The number of carbonyl (C=O) groups excluding carboxylic acids is 1. The molecule has 0 saturated heterocycles. The van der Waals surface area contributed by atoms with Gasteiger partial charge in [-0.2, -0.15) is 0 Å². The van der Waals surface area contributed by atoms with Crippen LogP contribution in [0.4, 0.5) is 0 Å². The average Bonchev–Trinajstić information content (AvgIpc) is 2.31. The predicted octanol–water partition coefficient (Wildman–Crippen LogP) is 3.31. The molecule has 0 aromatic heterocycles. The van der Waals surface area contributed by atoms with Gasteiger partial charge < -0.3 is 9.47 Å². The van der Waals surface area contributed by atoms with Crippen molar-refractivity contribution in [3.05, 3.63) is 0 Å². The molecule has 0 spiro atoms. The lowest BCUT2D eigenvalue weighted by atomic mass is 10.2. The zero-order valence-corrected chi connectivity index (χ0v) is 11.1. The van der Waals surface area contributed by atoms with E-state index in [0.717, 1.165) is 25.7 Å². The third kappa shape index (κ3) is 6.11. The van der Waals surface area contributed by atoms with Gasteiger partial charge in [-0.05, 0) is 25.7 Å². The Morgan fingerprint density at radius 3 is 2.12 bits per heavy atom. The quantitative estimate of drug-likeness (QED) is 0.450. The number of ether oxygens (including phenoxy) is 2. The Bertz CT molecular complexity index is 176. The maximum Gasteiger partial charge on any atom is 0.335 e. The fraction of sp³-hybridized carbons (Fsp3) is 0.923. The van der Waals surface area contributed by atoms with Gasteiger partial charge in [0.1, 0.15) is 0 Å². The van der Waals surface area contributed by atoms with Crippen molar-refractivity contribution in [2.45, 2.75) is 72.0 Å². The minimum atomic E-state index is -0.387. The Hall–Kier alpha value is -0.570. The Balaban J connectivity index is 4.00. The molecule has 0 heterocycles. The molecular formula is C13H26O3. The van der Waals surface area contributed by atoms with E-state index in [0.29, 0.717) is 13.0 Å². The minimum absolute atomic E-state index is 0.170. The summed E-state index contributed by atoms with van der Waals surface area (Å²) in [7, 11) is 0. The highest BCUT2D eigenvalue weighted by Crippen LogP contribution is 2.11. The molecule has 1 atom stereocenters. The molecule has 3 nitrogen and oxygen atoms in total. The van der Waals surface area contributed by atoms with Crippen LogP contribution in [0.5, 0.6) is 0 Å². The van der Waals surface area contributed by atoms with Crippen molar-refractivity contribution in [2.24, 2.45) is 0 Å². The summed E-state index contributed by atoms with van der Waals surface area (Å²) in [6, 6.07) is 0. The largest absolute Gasteiger partial charge is 0.464 e. The van der Waals surface area contributed by atoms with Crippen LogP contribution in [-0.4, -0.2) is 24.8 Å². The van der Waals surface area contributed by atoms with Crippen molar-refractivity contribution in [1.82, 2.24) is 0 Å². The summed E-state index contributed by atoms with van der Waals surface area (Å²) in [5.74, 6) is -0.206. The first-order valence-electron chi connectivity index (χ1n) is 6.51. The van der Waals surface area contributed by atoms with Gasteiger partial charge in [-0.1, -0.05) is 34.1 Å². The maximum atomic E-state index is 11.7. The van der Waals surface area contributed by atoms with E-state index in [2.05, 4.69) is 20.8 Å². The zero-order valence-electron chi connectivity index (χ0n) is 11.1. The molecular weight excluding hydrogens is 204 g/mol. The van der Waals surface area contributed by atoms with Crippen molar-refractivity contribution in [3.63, 3.8) is 0 Å². The first-order chi connectivity index (χ1) is 7.69. The van der Waals surface area contributed by atoms with Gasteiger partial charge in [0.05, 0.1) is 12.7 Å². The van der Waals surface area contributed by atoms with Gasteiger partial charge in [-0.3, -0.25) is 0 Å². The molecule has 0 radical (unpaired) electrons. The second-order valence-electron chi connectivity index (χ2n) is 3.99. The molecule has 0 amide bonds. The van der Waals surface area contributed by atoms with Gasteiger partial charge in [-0.25, -0.2) is 4.79 Å². The van der Waals surface area contributed by atoms with Crippen LogP contribution in [0.25, 0.3) is 0 Å². The molecule has 0 aromatic carbocycles.